The third-order valence-electron chi connectivity index (χ3n) is 3.36. The summed E-state index contributed by atoms with van der Waals surface area (Å²) in [5.74, 6) is -1.48. The van der Waals surface area contributed by atoms with Crippen LogP contribution in [0.25, 0.3) is 0 Å². The maximum Gasteiger partial charge on any atom is 0.417 e. The Labute approximate surface area is 136 Å². The van der Waals surface area contributed by atoms with E-state index in [-0.39, 0.29) is 13.0 Å². The van der Waals surface area contributed by atoms with Crippen molar-refractivity contribution in [3.63, 3.8) is 0 Å². The highest BCUT2D eigenvalue weighted by atomic mass is 19.4. The summed E-state index contributed by atoms with van der Waals surface area (Å²) >= 11 is 0. The molecular weight excluding hydrogens is 321 g/mol. The van der Waals surface area contributed by atoms with Crippen LogP contribution in [0, 0.1) is 0 Å². The summed E-state index contributed by atoms with van der Waals surface area (Å²) in [6.45, 7) is -0.107. The fourth-order valence-corrected chi connectivity index (χ4v) is 2.24. The minimum atomic E-state index is -4.65. The standard InChI is InChI=1S/C17H15F3N2O2/c18-17(19,20)14-9-5-4-8-13(14)16(24)22(11-10-15(21)23)12-6-2-1-3-7-12/h1-9H,10-11H2,(H2,21,23). The van der Waals surface area contributed by atoms with Gasteiger partial charge < -0.3 is 10.6 Å². The van der Waals surface area contributed by atoms with Gasteiger partial charge in [-0.3, -0.25) is 9.59 Å². The second-order valence-corrected chi connectivity index (χ2v) is 5.05. The van der Waals surface area contributed by atoms with Crippen molar-refractivity contribution in [3.05, 3.63) is 65.7 Å². The SMILES string of the molecule is NC(=O)CCN(C(=O)c1ccccc1C(F)(F)F)c1ccccc1. The van der Waals surface area contributed by atoms with Gasteiger partial charge in [0.25, 0.3) is 5.91 Å². The van der Waals surface area contributed by atoms with Crippen LogP contribution >= 0.6 is 0 Å². The molecule has 2 amide bonds. The van der Waals surface area contributed by atoms with E-state index in [0.717, 1.165) is 17.0 Å². The minimum absolute atomic E-state index is 0.107. The van der Waals surface area contributed by atoms with Crippen molar-refractivity contribution in [1.29, 1.82) is 0 Å². The molecule has 0 bridgehead atoms. The molecule has 0 aliphatic heterocycles. The average Bonchev–Trinajstić information content (AvgIpc) is 2.55. The third-order valence-corrected chi connectivity index (χ3v) is 3.36. The number of benzene rings is 2. The first-order valence-corrected chi connectivity index (χ1v) is 7.12. The van der Waals surface area contributed by atoms with E-state index in [1.807, 2.05) is 0 Å². The van der Waals surface area contributed by atoms with Gasteiger partial charge in [0.05, 0.1) is 11.1 Å². The van der Waals surface area contributed by atoms with E-state index in [1.165, 1.54) is 12.1 Å². The first-order chi connectivity index (χ1) is 11.3. The predicted molar refractivity (Wildman–Crippen MR) is 83.4 cm³/mol. The number of carbonyl (C=O) groups excluding carboxylic acids is 2. The Kier molecular flexibility index (Phi) is 5.23. The lowest BCUT2D eigenvalue weighted by atomic mass is 10.1. The number of para-hydroxylation sites is 1. The number of nitrogens with zero attached hydrogens (tertiary/aromatic N) is 1. The quantitative estimate of drug-likeness (QED) is 0.911. The number of rotatable bonds is 5. The van der Waals surface area contributed by atoms with Crippen LogP contribution in [0.3, 0.4) is 0 Å². The van der Waals surface area contributed by atoms with Gasteiger partial charge in [0.1, 0.15) is 0 Å². The molecular formula is C17H15F3N2O2. The molecule has 0 fully saturated rings. The van der Waals surface area contributed by atoms with E-state index in [9.17, 15) is 22.8 Å². The van der Waals surface area contributed by atoms with Gasteiger partial charge in [-0.1, -0.05) is 30.3 Å². The highest BCUT2D eigenvalue weighted by molar-refractivity contribution is 6.07. The first-order valence-electron chi connectivity index (χ1n) is 7.12. The number of hydrogen-bond acceptors (Lipinski definition) is 2. The van der Waals surface area contributed by atoms with E-state index in [0.29, 0.717) is 5.69 Å². The summed E-state index contributed by atoms with van der Waals surface area (Å²) in [4.78, 5) is 24.8. The number of anilines is 1. The Morgan fingerprint density at radius 3 is 2.12 bits per heavy atom. The number of hydrogen-bond donors (Lipinski definition) is 1. The van der Waals surface area contributed by atoms with Crippen LogP contribution in [0.1, 0.15) is 22.3 Å². The summed E-state index contributed by atoms with van der Waals surface area (Å²) in [6, 6.07) is 12.7. The maximum absolute atomic E-state index is 13.1. The van der Waals surface area contributed by atoms with Crippen molar-refractivity contribution in [2.24, 2.45) is 5.73 Å². The number of primary amides is 1. The van der Waals surface area contributed by atoms with E-state index < -0.39 is 29.1 Å². The number of amides is 2. The number of halogens is 3. The van der Waals surface area contributed by atoms with Gasteiger partial charge in [0, 0.05) is 18.7 Å². The van der Waals surface area contributed by atoms with Gasteiger partial charge in [0.2, 0.25) is 5.91 Å². The van der Waals surface area contributed by atoms with E-state index >= 15 is 0 Å². The summed E-state index contributed by atoms with van der Waals surface area (Å²) in [6.07, 6.45) is -4.81. The smallest absolute Gasteiger partial charge is 0.370 e. The molecule has 126 valence electrons. The van der Waals surface area contributed by atoms with Gasteiger partial charge in [-0.25, -0.2) is 0 Å². The average molecular weight is 336 g/mol. The molecule has 2 aromatic rings. The summed E-state index contributed by atoms with van der Waals surface area (Å²) in [5.41, 5.74) is 4.00. The molecule has 2 aromatic carbocycles. The lowest BCUT2D eigenvalue weighted by Crippen LogP contribution is -2.35. The van der Waals surface area contributed by atoms with Crippen LogP contribution in [0.15, 0.2) is 54.6 Å². The molecule has 0 aliphatic rings. The predicted octanol–water partition coefficient (Wildman–Crippen LogP) is 3.23. The minimum Gasteiger partial charge on any atom is -0.370 e. The lowest BCUT2D eigenvalue weighted by Gasteiger charge is -2.24. The molecule has 0 spiro atoms. The molecule has 0 aromatic heterocycles. The lowest BCUT2D eigenvalue weighted by molar-refractivity contribution is -0.138. The molecule has 7 heteroatoms. The Bertz CT molecular complexity index is 730. The monoisotopic (exact) mass is 336 g/mol. The number of alkyl halides is 3. The van der Waals surface area contributed by atoms with Gasteiger partial charge in [-0.05, 0) is 24.3 Å². The summed E-state index contributed by atoms with van der Waals surface area (Å²) < 4.78 is 39.4. The molecule has 2 N–H and O–H groups in total. The highest BCUT2D eigenvalue weighted by Gasteiger charge is 2.36. The van der Waals surface area contributed by atoms with Crippen molar-refractivity contribution in [2.75, 3.05) is 11.4 Å². The van der Waals surface area contributed by atoms with Crippen molar-refractivity contribution >= 4 is 17.5 Å². The molecule has 0 saturated heterocycles. The molecule has 0 aliphatic carbocycles. The first kappa shape index (κ1) is 17.5. The Morgan fingerprint density at radius 1 is 0.958 bits per heavy atom. The number of carbonyl (C=O) groups is 2. The molecule has 0 heterocycles. The van der Waals surface area contributed by atoms with Crippen molar-refractivity contribution in [3.8, 4) is 0 Å². The van der Waals surface area contributed by atoms with Crippen LogP contribution < -0.4 is 10.6 Å². The van der Waals surface area contributed by atoms with E-state index in [2.05, 4.69) is 0 Å². The second-order valence-electron chi connectivity index (χ2n) is 5.05. The zero-order valence-electron chi connectivity index (χ0n) is 12.6. The zero-order valence-corrected chi connectivity index (χ0v) is 12.6. The Balaban J connectivity index is 2.44. The fraction of sp³-hybridized carbons (Fsp3) is 0.176. The third kappa shape index (κ3) is 4.13. The van der Waals surface area contributed by atoms with Crippen LogP contribution in [0.4, 0.5) is 18.9 Å². The van der Waals surface area contributed by atoms with Crippen molar-refractivity contribution in [2.45, 2.75) is 12.6 Å². The zero-order chi connectivity index (χ0) is 17.7. The molecule has 0 radical (unpaired) electrons. The van der Waals surface area contributed by atoms with Crippen LogP contribution in [0.5, 0.6) is 0 Å². The van der Waals surface area contributed by atoms with Gasteiger partial charge in [-0.2, -0.15) is 13.2 Å². The van der Waals surface area contributed by atoms with Crippen LogP contribution in [0.2, 0.25) is 0 Å². The van der Waals surface area contributed by atoms with Gasteiger partial charge in [0.15, 0.2) is 0 Å². The van der Waals surface area contributed by atoms with E-state index in [1.54, 1.807) is 30.3 Å². The topological polar surface area (TPSA) is 63.4 Å². The summed E-state index contributed by atoms with van der Waals surface area (Å²) in [5, 5.41) is 0. The second kappa shape index (κ2) is 7.16. The van der Waals surface area contributed by atoms with Gasteiger partial charge >= 0.3 is 6.18 Å². The molecule has 0 unspecified atom stereocenters. The largest absolute Gasteiger partial charge is 0.417 e. The van der Waals surface area contributed by atoms with Crippen molar-refractivity contribution in [1.82, 2.24) is 0 Å². The molecule has 4 nitrogen and oxygen atoms in total. The molecule has 0 atom stereocenters. The van der Waals surface area contributed by atoms with Gasteiger partial charge in [-0.15, -0.1) is 0 Å². The number of nitrogens with two attached hydrogens (primary N) is 1. The van der Waals surface area contributed by atoms with Crippen LogP contribution in [-0.2, 0) is 11.0 Å². The summed E-state index contributed by atoms with van der Waals surface area (Å²) in [7, 11) is 0. The maximum atomic E-state index is 13.1. The molecule has 2 rings (SSSR count). The highest BCUT2D eigenvalue weighted by Crippen LogP contribution is 2.33. The van der Waals surface area contributed by atoms with E-state index in [4.69, 9.17) is 5.73 Å². The Morgan fingerprint density at radius 2 is 1.54 bits per heavy atom. The normalized spacial score (nSPS) is 11.1. The fourth-order valence-electron chi connectivity index (χ4n) is 2.24. The van der Waals surface area contributed by atoms with Crippen LogP contribution in [-0.4, -0.2) is 18.4 Å². The Hall–Kier alpha value is -2.83. The molecule has 0 saturated carbocycles. The molecule has 24 heavy (non-hydrogen) atoms. The van der Waals surface area contributed by atoms with Crippen molar-refractivity contribution < 1.29 is 22.8 Å².